The van der Waals surface area contributed by atoms with E-state index in [9.17, 15) is 29.1 Å². The van der Waals surface area contributed by atoms with Gasteiger partial charge in [-0.2, -0.15) is 0 Å². The number of Topliss-reactive ketones (excluding diaryl/α,β-unsaturated/α-hetero) is 1. The van der Waals surface area contributed by atoms with E-state index >= 15 is 4.79 Å². The minimum Gasteiger partial charge on any atom is -0.444 e. The van der Waals surface area contributed by atoms with Crippen LogP contribution < -0.4 is 16.4 Å². The van der Waals surface area contributed by atoms with Gasteiger partial charge in [-0.1, -0.05) is 67.6 Å². The highest BCUT2D eigenvalue weighted by Crippen LogP contribution is 2.33. The van der Waals surface area contributed by atoms with Gasteiger partial charge in [-0.05, 0) is 102 Å². The molecule has 0 radical (unpaired) electrons. The normalized spacial score (nSPS) is 20.8. The average molecular weight is 829 g/mol. The van der Waals surface area contributed by atoms with Crippen molar-refractivity contribution < 1.29 is 38.6 Å². The number of primary amides is 1. The summed E-state index contributed by atoms with van der Waals surface area (Å²) in [5.41, 5.74) is 2.65. The van der Waals surface area contributed by atoms with Crippen LogP contribution in [0.1, 0.15) is 127 Å². The van der Waals surface area contributed by atoms with Gasteiger partial charge in [0.05, 0.1) is 17.9 Å². The van der Waals surface area contributed by atoms with Crippen LogP contribution in [0.5, 0.6) is 0 Å². The van der Waals surface area contributed by atoms with E-state index in [1.807, 2.05) is 30.3 Å². The Hall–Kier alpha value is -5.38. The molecule has 16 nitrogen and oxygen atoms in total. The number of rotatable bonds is 11. The van der Waals surface area contributed by atoms with E-state index in [-0.39, 0.29) is 50.9 Å². The van der Waals surface area contributed by atoms with Gasteiger partial charge in [0.15, 0.2) is 0 Å². The minimum atomic E-state index is -1.74. The summed E-state index contributed by atoms with van der Waals surface area (Å²) in [7, 11) is 0. The fraction of sp³-hybridized carbons (Fsp3) is 0.591. The number of fused-ring (bicyclic) bond motifs is 1. The molecule has 1 saturated carbocycles. The predicted octanol–water partition coefficient (Wildman–Crippen LogP) is 4.29. The van der Waals surface area contributed by atoms with Gasteiger partial charge in [-0.25, -0.2) is 9.48 Å². The van der Waals surface area contributed by atoms with Gasteiger partial charge in [0.1, 0.15) is 28.8 Å². The molecule has 3 heterocycles. The molecule has 324 valence electrons. The lowest BCUT2D eigenvalue weighted by atomic mass is 9.82. The van der Waals surface area contributed by atoms with Crippen molar-refractivity contribution in [2.75, 3.05) is 19.6 Å². The molecule has 3 atom stereocenters. The van der Waals surface area contributed by atoms with Gasteiger partial charge < -0.3 is 36.0 Å². The van der Waals surface area contributed by atoms with E-state index in [0.717, 1.165) is 42.9 Å². The van der Waals surface area contributed by atoms with Crippen LogP contribution in [-0.2, 0) is 29.5 Å². The molecule has 3 aliphatic rings. The second kappa shape index (κ2) is 18.1. The highest BCUT2D eigenvalue weighted by molar-refractivity contribution is 6.39. The summed E-state index contributed by atoms with van der Waals surface area (Å²) in [5, 5.41) is 27.1. The molecule has 1 aromatic heterocycles. The zero-order chi connectivity index (χ0) is 43.4. The average Bonchev–Trinajstić information content (AvgIpc) is 3.61. The topological polar surface area (TPSA) is 219 Å². The highest BCUT2D eigenvalue weighted by Gasteiger charge is 2.48. The Morgan fingerprint density at radius 1 is 0.900 bits per heavy atom. The quantitative estimate of drug-likeness (QED) is 0.201. The molecule has 0 bridgehead atoms. The van der Waals surface area contributed by atoms with Crippen molar-refractivity contribution in [1.82, 2.24) is 35.4 Å². The second-order valence-corrected chi connectivity index (χ2v) is 18.2. The van der Waals surface area contributed by atoms with E-state index in [0.29, 0.717) is 30.5 Å². The molecule has 6 rings (SSSR count). The number of piperidine rings is 1. The number of amides is 5. The maximum Gasteiger partial charge on any atom is 0.410 e. The number of benzene rings is 2. The molecule has 0 spiro atoms. The lowest BCUT2D eigenvalue weighted by molar-refractivity contribution is -0.147. The van der Waals surface area contributed by atoms with Crippen molar-refractivity contribution >= 4 is 46.3 Å². The molecular weight excluding hydrogens is 769 g/mol. The van der Waals surface area contributed by atoms with Crippen molar-refractivity contribution in [1.29, 1.82) is 0 Å². The number of nitrogens with zero attached hydrogens (tertiary/aromatic N) is 5. The fourth-order valence-electron chi connectivity index (χ4n) is 8.94. The number of aliphatic hydroxyl groups is 1. The first kappa shape index (κ1) is 44.2. The third-order valence-corrected chi connectivity index (χ3v) is 12.2. The van der Waals surface area contributed by atoms with Gasteiger partial charge >= 0.3 is 6.09 Å². The van der Waals surface area contributed by atoms with E-state index in [1.165, 1.54) is 16.0 Å². The van der Waals surface area contributed by atoms with Gasteiger partial charge in [-0.3, -0.25) is 24.0 Å². The van der Waals surface area contributed by atoms with Crippen molar-refractivity contribution in [3.63, 3.8) is 0 Å². The summed E-state index contributed by atoms with van der Waals surface area (Å²) < 4.78 is 7.16. The van der Waals surface area contributed by atoms with Crippen LogP contribution in [0.15, 0.2) is 48.7 Å². The maximum atomic E-state index is 15.1. The van der Waals surface area contributed by atoms with E-state index in [2.05, 4.69) is 20.9 Å². The number of nitrogens with one attached hydrogen (secondary N) is 2. The first-order valence-corrected chi connectivity index (χ1v) is 21.2. The fourth-order valence-corrected chi connectivity index (χ4v) is 8.94. The molecule has 16 heteroatoms. The largest absolute Gasteiger partial charge is 0.444 e. The maximum absolute atomic E-state index is 15.1. The Labute approximate surface area is 350 Å². The van der Waals surface area contributed by atoms with E-state index in [1.54, 1.807) is 51.4 Å². The summed E-state index contributed by atoms with van der Waals surface area (Å²) in [6.45, 7) is 8.54. The molecule has 5 N–H and O–H groups in total. The molecule has 2 saturated heterocycles. The SMILES string of the molecule is CC(C)(C)OC(=O)N1CCC(NC(=O)[C@@H]2CCC(n3nncc3C(C)(C)O)CCN2C(=O)[C@@H](CC2CCCCC2)NC(=O)c2ccc3ccccc3c2)(C(=O)C(N)=O)CC1. The van der Waals surface area contributed by atoms with Crippen molar-refractivity contribution in [3.8, 4) is 0 Å². The Bertz CT molecular complexity index is 2070. The smallest absolute Gasteiger partial charge is 0.410 e. The molecule has 60 heavy (non-hydrogen) atoms. The number of carbonyl (C=O) groups excluding carboxylic acids is 6. The summed E-state index contributed by atoms with van der Waals surface area (Å²) in [4.78, 5) is 86.0. The Kier molecular flexibility index (Phi) is 13.3. The molecule has 3 aromatic rings. The summed E-state index contributed by atoms with van der Waals surface area (Å²) in [6.07, 6.45) is 6.82. The van der Waals surface area contributed by atoms with Crippen molar-refractivity contribution in [3.05, 3.63) is 59.9 Å². The summed E-state index contributed by atoms with van der Waals surface area (Å²) in [6, 6.07) is 10.6. The molecule has 2 aromatic carbocycles. The van der Waals surface area contributed by atoms with Gasteiger partial charge in [-0.15, -0.1) is 5.10 Å². The van der Waals surface area contributed by atoms with Crippen LogP contribution in [0.25, 0.3) is 10.8 Å². The lowest BCUT2D eigenvalue weighted by Crippen LogP contribution is -2.66. The Balaban J connectivity index is 1.32. The highest BCUT2D eigenvalue weighted by atomic mass is 16.6. The van der Waals surface area contributed by atoms with Crippen LogP contribution in [0.3, 0.4) is 0 Å². The molecular formula is C44H60N8O8. The number of nitrogens with two attached hydrogens (primary N) is 1. The van der Waals surface area contributed by atoms with Gasteiger partial charge in [0.25, 0.3) is 11.8 Å². The van der Waals surface area contributed by atoms with Crippen LogP contribution >= 0.6 is 0 Å². The van der Waals surface area contributed by atoms with Crippen LogP contribution in [0.2, 0.25) is 0 Å². The first-order valence-electron chi connectivity index (χ1n) is 21.2. The monoisotopic (exact) mass is 828 g/mol. The van der Waals surface area contributed by atoms with Gasteiger partial charge in [0, 0.05) is 25.2 Å². The number of carbonyl (C=O) groups is 6. The van der Waals surface area contributed by atoms with E-state index in [4.69, 9.17) is 10.5 Å². The minimum absolute atomic E-state index is 0.000113. The van der Waals surface area contributed by atoms with Crippen molar-refractivity contribution in [2.45, 2.75) is 140 Å². The molecule has 3 fully saturated rings. The second-order valence-electron chi connectivity index (χ2n) is 18.2. The zero-order valence-corrected chi connectivity index (χ0v) is 35.4. The lowest BCUT2D eigenvalue weighted by Gasteiger charge is -2.42. The number of ketones is 1. The van der Waals surface area contributed by atoms with Crippen molar-refractivity contribution in [2.24, 2.45) is 11.7 Å². The van der Waals surface area contributed by atoms with Crippen LogP contribution in [-0.4, -0.2) is 108 Å². The molecule has 2 aliphatic heterocycles. The first-order chi connectivity index (χ1) is 28.3. The predicted molar refractivity (Wildman–Crippen MR) is 222 cm³/mol. The van der Waals surface area contributed by atoms with Gasteiger partial charge in [0.2, 0.25) is 17.6 Å². The number of ether oxygens (including phenoxy) is 1. The number of likely N-dealkylation sites (tertiary alicyclic amines) is 2. The van der Waals surface area contributed by atoms with E-state index < -0.39 is 64.3 Å². The summed E-state index contributed by atoms with van der Waals surface area (Å²) >= 11 is 0. The third kappa shape index (κ3) is 10.3. The standard InChI is InChI=1S/C44H60N8O8/c1-42(2,3)60-41(58)50-23-20-44(21-24-50,36(53)37(45)54)48-39(56)34-18-17-32(52-35(27-46-49-52)43(4,5)59)19-22-51(34)40(57)33(25-28-11-7-6-8-12-28)47-38(55)31-16-15-29-13-9-10-14-30(29)26-31/h9-10,13-16,26-28,32-34,59H,6-8,11-12,17-25H2,1-5H3,(H2,45,54)(H,47,55)(H,48,56)/t32?,33-,34+/m1/s1. The number of aromatic nitrogens is 3. The molecule has 5 amide bonds. The molecule has 1 aliphatic carbocycles. The van der Waals surface area contributed by atoms with Crippen LogP contribution in [0, 0.1) is 5.92 Å². The number of hydrogen-bond acceptors (Lipinski definition) is 10. The summed E-state index contributed by atoms with van der Waals surface area (Å²) in [5.74, 6) is -3.57. The third-order valence-electron chi connectivity index (χ3n) is 12.2. The number of hydrogen-bond donors (Lipinski definition) is 4. The zero-order valence-electron chi connectivity index (χ0n) is 35.4. The Morgan fingerprint density at radius 2 is 1.58 bits per heavy atom. The Morgan fingerprint density at radius 3 is 2.23 bits per heavy atom. The van der Waals surface area contributed by atoms with Crippen LogP contribution in [0.4, 0.5) is 4.79 Å². The molecule has 1 unspecified atom stereocenters.